The molecule has 88 valence electrons. The van der Waals surface area contributed by atoms with Gasteiger partial charge in [-0.05, 0) is 19.1 Å². The van der Waals surface area contributed by atoms with Gasteiger partial charge in [-0.3, -0.25) is 4.79 Å². The van der Waals surface area contributed by atoms with Gasteiger partial charge in [0.05, 0.1) is 5.56 Å². The van der Waals surface area contributed by atoms with E-state index in [1.54, 1.807) is 12.3 Å². The maximum atomic E-state index is 13.5. The summed E-state index contributed by atoms with van der Waals surface area (Å²) in [5.41, 5.74) is 0.0756. The fraction of sp³-hybridized carbons (Fsp3) is 0.167. The third-order valence-electron chi connectivity index (χ3n) is 2.17. The van der Waals surface area contributed by atoms with E-state index < -0.39 is 5.82 Å². The average Bonchev–Trinajstić information content (AvgIpc) is 2.78. The number of aromatic nitrogens is 1. The van der Waals surface area contributed by atoms with Crippen molar-refractivity contribution >= 4 is 17.1 Å². The van der Waals surface area contributed by atoms with Crippen LogP contribution < -0.4 is 4.74 Å². The summed E-state index contributed by atoms with van der Waals surface area (Å²) in [6, 6.07) is 4.21. The third-order valence-corrected chi connectivity index (χ3v) is 2.92. The van der Waals surface area contributed by atoms with Crippen LogP contribution >= 0.6 is 11.3 Å². The quantitative estimate of drug-likeness (QED) is 0.784. The Bertz CT molecular complexity index is 525. The molecule has 2 aromatic rings. The summed E-state index contributed by atoms with van der Waals surface area (Å²) in [7, 11) is 0. The molecule has 0 amide bonds. The second-order valence-electron chi connectivity index (χ2n) is 3.41. The first kappa shape index (κ1) is 11.7. The van der Waals surface area contributed by atoms with Gasteiger partial charge in [0.1, 0.15) is 23.2 Å². The number of rotatable bonds is 4. The minimum Gasteiger partial charge on any atom is -0.486 e. The monoisotopic (exact) mass is 251 g/mol. The Morgan fingerprint density at radius 2 is 2.35 bits per heavy atom. The summed E-state index contributed by atoms with van der Waals surface area (Å²) in [4.78, 5) is 15.1. The molecule has 0 unspecified atom stereocenters. The predicted octanol–water partition coefficient (Wildman–Crippen LogP) is 3.06. The molecule has 0 radical (unpaired) electrons. The molecule has 17 heavy (non-hydrogen) atoms. The van der Waals surface area contributed by atoms with E-state index in [0.717, 1.165) is 5.01 Å². The number of ether oxygens (including phenoxy) is 1. The Balaban J connectivity index is 2.07. The molecule has 0 aliphatic rings. The highest BCUT2D eigenvalue weighted by molar-refractivity contribution is 7.09. The molecule has 0 spiro atoms. The topological polar surface area (TPSA) is 39.2 Å². The molecule has 0 fully saturated rings. The Morgan fingerprint density at radius 1 is 1.53 bits per heavy atom. The van der Waals surface area contributed by atoms with Gasteiger partial charge in [-0.15, -0.1) is 11.3 Å². The maximum absolute atomic E-state index is 13.5. The van der Waals surface area contributed by atoms with Gasteiger partial charge in [-0.2, -0.15) is 0 Å². The Hall–Kier alpha value is -1.75. The van der Waals surface area contributed by atoms with Crippen molar-refractivity contribution in [2.45, 2.75) is 13.5 Å². The molecule has 1 aromatic carbocycles. The molecule has 1 aromatic heterocycles. The molecule has 2 rings (SSSR count). The number of thiazole rings is 1. The van der Waals surface area contributed by atoms with Crippen molar-refractivity contribution in [1.29, 1.82) is 0 Å². The summed E-state index contributed by atoms with van der Waals surface area (Å²) in [5, 5.41) is 2.67. The zero-order valence-electron chi connectivity index (χ0n) is 9.14. The van der Waals surface area contributed by atoms with E-state index in [0.29, 0.717) is 12.4 Å². The zero-order chi connectivity index (χ0) is 12.3. The van der Waals surface area contributed by atoms with E-state index in [-0.39, 0.29) is 11.3 Å². The highest BCUT2D eigenvalue weighted by atomic mass is 32.1. The molecule has 5 heteroatoms. The van der Waals surface area contributed by atoms with Gasteiger partial charge in [0.15, 0.2) is 5.78 Å². The molecule has 0 bridgehead atoms. The Labute approximate surface area is 102 Å². The third kappa shape index (κ3) is 2.88. The van der Waals surface area contributed by atoms with Crippen LogP contribution in [-0.2, 0) is 6.61 Å². The van der Waals surface area contributed by atoms with Crippen molar-refractivity contribution < 1.29 is 13.9 Å². The molecule has 3 nitrogen and oxygen atoms in total. The van der Waals surface area contributed by atoms with Gasteiger partial charge in [-0.1, -0.05) is 0 Å². The Morgan fingerprint density at radius 3 is 2.94 bits per heavy atom. The highest BCUT2D eigenvalue weighted by Crippen LogP contribution is 2.18. The van der Waals surface area contributed by atoms with Crippen LogP contribution in [0.1, 0.15) is 22.3 Å². The van der Waals surface area contributed by atoms with E-state index in [4.69, 9.17) is 4.74 Å². The van der Waals surface area contributed by atoms with E-state index in [9.17, 15) is 9.18 Å². The highest BCUT2D eigenvalue weighted by Gasteiger charge is 2.08. The number of benzene rings is 1. The summed E-state index contributed by atoms with van der Waals surface area (Å²) >= 11 is 1.47. The van der Waals surface area contributed by atoms with Crippen LogP contribution in [0.3, 0.4) is 0 Å². The molecule has 0 aliphatic carbocycles. The number of carbonyl (C=O) groups excluding carboxylic acids is 1. The van der Waals surface area contributed by atoms with Gasteiger partial charge in [0.2, 0.25) is 0 Å². The first-order valence-corrected chi connectivity index (χ1v) is 5.86. The summed E-state index contributed by atoms with van der Waals surface area (Å²) in [6.07, 6.45) is 1.68. The SMILES string of the molecule is CC(=O)c1ccc(OCc2nccs2)cc1F. The normalized spacial score (nSPS) is 10.2. The van der Waals surface area contributed by atoms with Crippen molar-refractivity contribution in [3.8, 4) is 5.75 Å². The number of hydrogen-bond donors (Lipinski definition) is 0. The molecule has 0 N–H and O–H groups in total. The summed E-state index contributed by atoms with van der Waals surface area (Å²) < 4.78 is 18.8. The van der Waals surface area contributed by atoms with Crippen LogP contribution in [0.5, 0.6) is 5.75 Å². The number of halogens is 1. The van der Waals surface area contributed by atoms with E-state index in [1.165, 1.54) is 30.4 Å². The van der Waals surface area contributed by atoms with Gasteiger partial charge in [-0.25, -0.2) is 9.37 Å². The standard InChI is InChI=1S/C12H10FNO2S/c1-8(15)10-3-2-9(6-11(10)13)16-7-12-14-4-5-17-12/h2-6H,7H2,1H3. The lowest BCUT2D eigenvalue weighted by atomic mass is 10.1. The molecule has 0 saturated heterocycles. The first-order valence-electron chi connectivity index (χ1n) is 4.98. The number of nitrogens with zero attached hydrogens (tertiary/aromatic N) is 1. The number of carbonyl (C=O) groups is 1. The average molecular weight is 251 g/mol. The largest absolute Gasteiger partial charge is 0.486 e. The van der Waals surface area contributed by atoms with Gasteiger partial charge >= 0.3 is 0 Å². The van der Waals surface area contributed by atoms with Crippen molar-refractivity contribution in [3.63, 3.8) is 0 Å². The summed E-state index contributed by atoms with van der Waals surface area (Å²) in [5.74, 6) is -0.467. The number of hydrogen-bond acceptors (Lipinski definition) is 4. The molecule has 0 atom stereocenters. The molecule has 0 aliphatic heterocycles. The van der Waals surface area contributed by atoms with Gasteiger partial charge in [0.25, 0.3) is 0 Å². The van der Waals surface area contributed by atoms with Crippen molar-refractivity contribution in [1.82, 2.24) is 4.98 Å². The van der Waals surface area contributed by atoms with E-state index in [2.05, 4.69) is 4.98 Å². The lowest BCUT2D eigenvalue weighted by Gasteiger charge is -2.05. The molecular weight excluding hydrogens is 241 g/mol. The fourth-order valence-corrected chi connectivity index (χ4v) is 1.87. The van der Waals surface area contributed by atoms with E-state index >= 15 is 0 Å². The number of ketones is 1. The van der Waals surface area contributed by atoms with Crippen LogP contribution in [0.15, 0.2) is 29.8 Å². The zero-order valence-corrected chi connectivity index (χ0v) is 9.96. The van der Waals surface area contributed by atoms with Crippen molar-refractivity contribution in [3.05, 3.63) is 46.2 Å². The van der Waals surface area contributed by atoms with Gasteiger partial charge in [0, 0.05) is 17.6 Å². The number of Topliss-reactive ketones (excluding diaryl/α,β-unsaturated/α-hetero) is 1. The van der Waals surface area contributed by atoms with Crippen molar-refractivity contribution in [2.75, 3.05) is 0 Å². The second kappa shape index (κ2) is 5.05. The van der Waals surface area contributed by atoms with Crippen LogP contribution in [0.2, 0.25) is 0 Å². The van der Waals surface area contributed by atoms with E-state index in [1.807, 2.05) is 5.38 Å². The van der Waals surface area contributed by atoms with Crippen LogP contribution in [0.4, 0.5) is 4.39 Å². The minimum absolute atomic E-state index is 0.0756. The first-order chi connectivity index (χ1) is 8.16. The lowest BCUT2D eigenvalue weighted by molar-refractivity contribution is 0.101. The van der Waals surface area contributed by atoms with Gasteiger partial charge < -0.3 is 4.74 Å². The van der Waals surface area contributed by atoms with Crippen LogP contribution in [0, 0.1) is 5.82 Å². The maximum Gasteiger partial charge on any atom is 0.162 e. The van der Waals surface area contributed by atoms with Crippen LogP contribution in [0.25, 0.3) is 0 Å². The smallest absolute Gasteiger partial charge is 0.162 e. The fourth-order valence-electron chi connectivity index (χ4n) is 1.34. The summed E-state index contributed by atoms with van der Waals surface area (Å²) in [6.45, 7) is 1.63. The Kier molecular flexibility index (Phi) is 3.49. The second-order valence-corrected chi connectivity index (χ2v) is 4.39. The molecular formula is C12H10FNO2S. The molecule has 0 saturated carbocycles. The van der Waals surface area contributed by atoms with Crippen molar-refractivity contribution in [2.24, 2.45) is 0 Å². The predicted molar refractivity (Wildman–Crippen MR) is 62.9 cm³/mol. The minimum atomic E-state index is -0.561. The van der Waals surface area contributed by atoms with Crippen LogP contribution in [-0.4, -0.2) is 10.8 Å². The molecule has 1 heterocycles. The lowest BCUT2D eigenvalue weighted by Crippen LogP contribution is -1.99.